The van der Waals surface area contributed by atoms with E-state index in [0.29, 0.717) is 24.9 Å². The van der Waals surface area contributed by atoms with E-state index in [1.54, 1.807) is 0 Å². The Bertz CT molecular complexity index is 1280. The Balaban J connectivity index is 1.41. The fraction of sp³-hybridized carbons (Fsp3) is 0.240. The van der Waals surface area contributed by atoms with Crippen molar-refractivity contribution in [3.63, 3.8) is 0 Å². The number of anilines is 1. The van der Waals surface area contributed by atoms with Crippen LogP contribution in [0.15, 0.2) is 67.1 Å². The Labute approximate surface area is 191 Å². The summed E-state index contributed by atoms with van der Waals surface area (Å²) in [5.74, 6) is 1.64. The van der Waals surface area contributed by atoms with E-state index >= 15 is 0 Å². The molecule has 5 N–H and O–H groups in total. The average molecular weight is 443 g/mol. The van der Waals surface area contributed by atoms with Gasteiger partial charge in [-0.3, -0.25) is 0 Å². The lowest BCUT2D eigenvalue weighted by Gasteiger charge is -2.36. The van der Waals surface area contributed by atoms with Gasteiger partial charge < -0.3 is 26.1 Å². The number of fused-ring (bicyclic) bond motifs is 1. The maximum atomic E-state index is 11.0. The third-order valence-corrected chi connectivity index (χ3v) is 6.20. The van der Waals surface area contributed by atoms with Crippen LogP contribution in [0.4, 0.5) is 10.6 Å². The van der Waals surface area contributed by atoms with Gasteiger partial charge in [-0.05, 0) is 42.0 Å². The van der Waals surface area contributed by atoms with Crippen molar-refractivity contribution in [3.8, 4) is 16.9 Å². The van der Waals surface area contributed by atoms with Gasteiger partial charge in [-0.25, -0.2) is 14.8 Å². The lowest BCUT2D eigenvalue weighted by molar-refractivity contribution is 0.194. The van der Waals surface area contributed by atoms with Gasteiger partial charge in [-0.15, -0.1) is 0 Å². The molecule has 0 saturated heterocycles. The number of carbonyl (C=O) groups excluding carboxylic acids is 1. The SMILES string of the molecule is NC(=O)NC[C@H]1C[C@H](n2cc(-c3cccc(OCc4ccccc4)c3)c3c(N)ncnc32)C1. The van der Waals surface area contributed by atoms with Crippen LogP contribution < -0.4 is 21.5 Å². The second-order valence-corrected chi connectivity index (χ2v) is 8.45. The van der Waals surface area contributed by atoms with Crippen molar-refractivity contribution in [2.75, 3.05) is 12.3 Å². The summed E-state index contributed by atoms with van der Waals surface area (Å²) in [5, 5.41) is 3.54. The number of nitrogen functional groups attached to an aromatic ring is 1. The zero-order valence-corrected chi connectivity index (χ0v) is 18.1. The van der Waals surface area contributed by atoms with Crippen molar-refractivity contribution in [1.82, 2.24) is 19.9 Å². The van der Waals surface area contributed by atoms with E-state index in [0.717, 1.165) is 46.3 Å². The van der Waals surface area contributed by atoms with Crippen LogP contribution in [-0.2, 0) is 6.61 Å². The van der Waals surface area contributed by atoms with Gasteiger partial charge in [0.1, 0.15) is 30.1 Å². The molecule has 8 nitrogen and oxygen atoms in total. The Morgan fingerprint density at radius 2 is 1.94 bits per heavy atom. The Hall–Kier alpha value is -4.07. The first-order valence-corrected chi connectivity index (χ1v) is 11.0. The maximum absolute atomic E-state index is 11.0. The summed E-state index contributed by atoms with van der Waals surface area (Å²) >= 11 is 0. The lowest BCUT2D eigenvalue weighted by Crippen LogP contribution is -2.39. The first kappa shape index (κ1) is 20.8. The Morgan fingerprint density at radius 3 is 2.73 bits per heavy atom. The van der Waals surface area contributed by atoms with E-state index in [-0.39, 0.29) is 6.04 Å². The number of nitrogens with two attached hydrogens (primary N) is 2. The number of carbonyl (C=O) groups is 1. The molecule has 0 unspecified atom stereocenters. The number of hydrogen-bond donors (Lipinski definition) is 3. The monoisotopic (exact) mass is 442 g/mol. The maximum Gasteiger partial charge on any atom is 0.312 e. The zero-order valence-electron chi connectivity index (χ0n) is 18.1. The van der Waals surface area contributed by atoms with Crippen LogP contribution in [0.2, 0.25) is 0 Å². The van der Waals surface area contributed by atoms with Gasteiger partial charge in [-0.1, -0.05) is 42.5 Å². The first-order chi connectivity index (χ1) is 16.1. The van der Waals surface area contributed by atoms with E-state index < -0.39 is 6.03 Å². The number of urea groups is 1. The summed E-state index contributed by atoms with van der Waals surface area (Å²) in [5.41, 5.74) is 15.4. The topological polar surface area (TPSA) is 121 Å². The lowest BCUT2D eigenvalue weighted by atomic mass is 9.80. The normalized spacial score (nSPS) is 17.5. The van der Waals surface area contributed by atoms with Crippen molar-refractivity contribution < 1.29 is 9.53 Å². The first-order valence-electron chi connectivity index (χ1n) is 11.0. The molecule has 0 spiro atoms. The molecule has 5 rings (SSSR count). The minimum atomic E-state index is -0.484. The third-order valence-electron chi connectivity index (χ3n) is 6.20. The number of ether oxygens (including phenoxy) is 1. The molecule has 0 aliphatic heterocycles. The van der Waals surface area contributed by atoms with Crippen LogP contribution >= 0.6 is 0 Å². The molecule has 8 heteroatoms. The second-order valence-electron chi connectivity index (χ2n) is 8.45. The van der Waals surface area contributed by atoms with Gasteiger partial charge in [0.15, 0.2) is 0 Å². The van der Waals surface area contributed by atoms with Gasteiger partial charge >= 0.3 is 6.03 Å². The summed E-state index contributed by atoms with van der Waals surface area (Å²) in [6, 6.07) is 17.9. The van der Waals surface area contributed by atoms with Crippen LogP contribution in [0, 0.1) is 5.92 Å². The standard InChI is InChI=1S/C25H26N6O2/c26-23-22-21(18-7-4-8-20(11-18)33-14-16-5-2-1-3-6-16)13-31(24(22)30-15-29-23)19-9-17(10-19)12-28-25(27)32/h1-8,11,13,15,17,19H,9-10,12,14H2,(H2,26,29,30)(H3,27,28,32)/t17-,19-. The fourth-order valence-electron chi connectivity index (χ4n) is 4.44. The van der Waals surface area contributed by atoms with Gasteiger partial charge in [0.2, 0.25) is 0 Å². The van der Waals surface area contributed by atoms with Crippen molar-refractivity contribution in [2.45, 2.75) is 25.5 Å². The van der Waals surface area contributed by atoms with Crippen molar-refractivity contribution in [1.29, 1.82) is 0 Å². The predicted octanol–water partition coefficient (Wildman–Crippen LogP) is 3.88. The summed E-state index contributed by atoms with van der Waals surface area (Å²) in [6.45, 7) is 1.09. The molecule has 1 aliphatic carbocycles. The van der Waals surface area contributed by atoms with Gasteiger partial charge in [0.25, 0.3) is 0 Å². The summed E-state index contributed by atoms with van der Waals surface area (Å²) in [4.78, 5) is 19.8. The molecule has 2 aromatic carbocycles. The zero-order chi connectivity index (χ0) is 22.8. The molecule has 4 aromatic rings. The van der Waals surface area contributed by atoms with Crippen LogP contribution in [0.25, 0.3) is 22.2 Å². The number of primary amides is 1. The molecule has 0 radical (unpaired) electrons. The van der Waals surface area contributed by atoms with Gasteiger partial charge in [0.05, 0.1) is 5.39 Å². The van der Waals surface area contributed by atoms with Gasteiger partial charge in [0, 0.05) is 24.3 Å². The predicted molar refractivity (Wildman–Crippen MR) is 127 cm³/mol. The highest BCUT2D eigenvalue weighted by atomic mass is 16.5. The van der Waals surface area contributed by atoms with E-state index in [1.165, 1.54) is 6.33 Å². The van der Waals surface area contributed by atoms with Crippen LogP contribution in [0.1, 0.15) is 24.4 Å². The van der Waals surface area contributed by atoms with Crippen molar-refractivity contribution >= 4 is 22.9 Å². The number of aromatic nitrogens is 3. The van der Waals surface area contributed by atoms with Crippen LogP contribution in [0.3, 0.4) is 0 Å². The molecular weight excluding hydrogens is 416 g/mol. The van der Waals surface area contributed by atoms with E-state index in [9.17, 15) is 4.79 Å². The van der Waals surface area contributed by atoms with Crippen LogP contribution in [0.5, 0.6) is 5.75 Å². The molecular formula is C25H26N6O2. The number of nitrogens with one attached hydrogen (secondary N) is 1. The smallest absolute Gasteiger partial charge is 0.312 e. The largest absolute Gasteiger partial charge is 0.489 e. The number of hydrogen-bond acceptors (Lipinski definition) is 5. The Kier molecular flexibility index (Phi) is 5.56. The molecule has 1 saturated carbocycles. The number of amides is 2. The summed E-state index contributed by atoms with van der Waals surface area (Å²) in [6.07, 6.45) is 5.48. The number of benzene rings is 2. The number of nitrogens with zero attached hydrogens (tertiary/aromatic N) is 3. The average Bonchev–Trinajstić information content (AvgIpc) is 3.18. The van der Waals surface area contributed by atoms with E-state index in [1.807, 2.05) is 54.6 Å². The third kappa shape index (κ3) is 4.32. The molecule has 1 aliphatic rings. The molecule has 0 bridgehead atoms. The highest BCUT2D eigenvalue weighted by molar-refractivity contribution is 6.00. The fourth-order valence-corrected chi connectivity index (χ4v) is 4.44. The minimum absolute atomic E-state index is 0.285. The van der Waals surface area contributed by atoms with Crippen molar-refractivity contribution in [2.24, 2.45) is 11.7 Å². The molecule has 33 heavy (non-hydrogen) atoms. The summed E-state index contributed by atoms with van der Waals surface area (Å²) < 4.78 is 8.21. The molecule has 0 atom stereocenters. The quantitative estimate of drug-likeness (QED) is 0.401. The van der Waals surface area contributed by atoms with Crippen molar-refractivity contribution in [3.05, 3.63) is 72.7 Å². The van der Waals surface area contributed by atoms with Crippen LogP contribution in [-0.4, -0.2) is 27.1 Å². The van der Waals surface area contributed by atoms with E-state index in [2.05, 4.69) is 26.0 Å². The molecule has 1 fully saturated rings. The highest BCUT2D eigenvalue weighted by Crippen LogP contribution is 2.42. The molecule has 168 valence electrons. The molecule has 2 aromatic heterocycles. The molecule has 2 amide bonds. The minimum Gasteiger partial charge on any atom is -0.489 e. The Morgan fingerprint density at radius 1 is 1.12 bits per heavy atom. The second kappa shape index (κ2) is 8.82. The van der Waals surface area contributed by atoms with E-state index in [4.69, 9.17) is 16.2 Å². The number of rotatable bonds is 7. The molecule has 2 heterocycles. The van der Waals surface area contributed by atoms with Gasteiger partial charge in [-0.2, -0.15) is 0 Å². The summed E-state index contributed by atoms with van der Waals surface area (Å²) in [7, 11) is 0. The highest BCUT2D eigenvalue weighted by Gasteiger charge is 2.32.